The zero-order valence-corrected chi connectivity index (χ0v) is 10.4. The van der Waals surface area contributed by atoms with Gasteiger partial charge in [0.25, 0.3) is 0 Å². The van der Waals surface area contributed by atoms with Gasteiger partial charge in [0, 0.05) is 17.9 Å². The molecular weight excluding hydrogens is 216 g/mol. The minimum absolute atomic E-state index is 0.350. The van der Waals surface area contributed by atoms with Crippen molar-refractivity contribution < 1.29 is 0 Å². The molecule has 84 valence electrons. The van der Waals surface area contributed by atoms with Gasteiger partial charge in [-0.15, -0.1) is 0 Å². The highest BCUT2D eigenvalue weighted by Gasteiger charge is 2.10. The van der Waals surface area contributed by atoms with Crippen LogP contribution >= 0.6 is 11.3 Å². The average Bonchev–Trinajstić information content (AvgIpc) is 2.80. The number of hydrogen-bond acceptors (Lipinski definition) is 3. The van der Waals surface area contributed by atoms with E-state index in [2.05, 4.69) is 39.3 Å². The fourth-order valence-corrected chi connectivity index (χ4v) is 2.40. The number of aromatic nitrogens is 1. The first-order valence-corrected chi connectivity index (χ1v) is 6.35. The molecule has 0 saturated heterocycles. The summed E-state index contributed by atoms with van der Waals surface area (Å²) in [5, 5.41) is 7.66. The van der Waals surface area contributed by atoms with E-state index >= 15 is 0 Å². The summed E-state index contributed by atoms with van der Waals surface area (Å²) in [7, 11) is 2.00. The van der Waals surface area contributed by atoms with Gasteiger partial charge < -0.3 is 5.32 Å². The maximum Gasteiger partial charge on any atom is 0.0374 e. The highest BCUT2D eigenvalue weighted by molar-refractivity contribution is 7.07. The highest BCUT2D eigenvalue weighted by Crippen LogP contribution is 2.19. The standard InChI is InChI=1S/C13H16N2S/c1-10-3-4-12(8-15-10)13(14-2)7-11-5-6-16-9-11/h3-6,8-9,13-14H,7H2,1-2H3. The predicted molar refractivity (Wildman–Crippen MR) is 68.8 cm³/mol. The van der Waals surface area contributed by atoms with Crippen LogP contribution < -0.4 is 5.32 Å². The van der Waals surface area contributed by atoms with Crippen LogP contribution in [0.15, 0.2) is 35.2 Å². The second-order valence-electron chi connectivity index (χ2n) is 3.91. The van der Waals surface area contributed by atoms with E-state index < -0.39 is 0 Å². The Hall–Kier alpha value is -1.19. The van der Waals surface area contributed by atoms with Crippen LogP contribution in [0, 0.1) is 6.92 Å². The van der Waals surface area contributed by atoms with Gasteiger partial charge in [0.05, 0.1) is 0 Å². The second kappa shape index (κ2) is 5.23. The molecule has 0 radical (unpaired) electrons. The number of pyridine rings is 1. The van der Waals surface area contributed by atoms with Crippen molar-refractivity contribution in [3.05, 3.63) is 52.0 Å². The van der Waals surface area contributed by atoms with E-state index in [-0.39, 0.29) is 0 Å². The normalized spacial score (nSPS) is 12.6. The zero-order chi connectivity index (χ0) is 11.4. The van der Waals surface area contributed by atoms with Crippen LogP contribution in [0.1, 0.15) is 22.9 Å². The van der Waals surface area contributed by atoms with E-state index in [1.165, 1.54) is 11.1 Å². The van der Waals surface area contributed by atoms with Crippen molar-refractivity contribution in [2.75, 3.05) is 7.05 Å². The Morgan fingerprint density at radius 3 is 2.81 bits per heavy atom. The van der Waals surface area contributed by atoms with E-state index in [9.17, 15) is 0 Å². The molecule has 1 atom stereocenters. The highest BCUT2D eigenvalue weighted by atomic mass is 32.1. The van der Waals surface area contributed by atoms with Gasteiger partial charge in [-0.05, 0) is 54.4 Å². The van der Waals surface area contributed by atoms with Crippen molar-refractivity contribution in [3.8, 4) is 0 Å². The monoisotopic (exact) mass is 232 g/mol. The van der Waals surface area contributed by atoms with E-state index in [0.29, 0.717) is 6.04 Å². The molecule has 2 rings (SSSR count). The number of nitrogens with zero attached hydrogens (tertiary/aromatic N) is 1. The minimum atomic E-state index is 0.350. The molecule has 1 N–H and O–H groups in total. The Morgan fingerprint density at radius 2 is 2.25 bits per heavy atom. The van der Waals surface area contributed by atoms with E-state index in [1.807, 2.05) is 20.2 Å². The van der Waals surface area contributed by atoms with Crippen molar-refractivity contribution in [1.82, 2.24) is 10.3 Å². The van der Waals surface area contributed by atoms with Gasteiger partial charge in [0.1, 0.15) is 0 Å². The minimum Gasteiger partial charge on any atom is -0.313 e. The zero-order valence-electron chi connectivity index (χ0n) is 9.60. The Morgan fingerprint density at radius 1 is 1.38 bits per heavy atom. The smallest absolute Gasteiger partial charge is 0.0374 e. The number of likely N-dealkylation sites (N-methyl/N-ethyl adjacent to an activating group) is 1. The van der Waals surface area contributed by atoms with Crippen LogP contribution in [0.25, 0.3) is 0 Å². The number of hydrogen-bond donors (Lipinski definition) is 1. The molecule has 0 aliphatic rings. The molecule has 0 aliphatic heterocycles. The predicted octanol–water partition coefficient (Wildman–Crippen LogP) is 2.95. The first-order valence-electron chi connectivity index (χ1n) is 5.40. The molecule has 2 heterocycles. The summed E-state index contributed by atoms with van der Waals surface area (Å²) >= 11 is 1.75. The Kier molecular flexibility index (Phi) is 3.70. The molecule has 0 bridgehead atoms. The van der Waals surface area contributed by atoms with Gasteiger partial charge in [-0.25, -0.2) is 0 Å². The van der Waals surface area contributed by atoms with Crippen LogP contribution in [0.2, 0.25) is 0 Å². The maximum atomic E-state index is 4.34. The molecule has 0 spiro atoms. The van der Waals surface area contributed by atoms with Crippen LogP contribution in [0.4, 0.5) is 0 Å². The molecule has 3 heteroatoms. The van der Waals surface area contributed by atoms with Crippen molar-refractivity contribution in [3.63, 3.8) is 0 Å². The summed E-state index contributed by atoms with van der Waals surface area (Å²) in [5.74, 6) is 0. The van der Waals surface area contributed by atoms with E-state index in [1.54, 1.807) is 11.3 Å². The first-order chi connectivity index (χ1) is 7.79. The summed E-state index contributed by atoms with van der Waals surface area (Å²) in [6.07, 6.45) is 2.98. The van der Waals surface area contributed by atoms with Gasteiger partial charge in [-0.3, -0.25) is 4.98 Å². The van der Waals surface area contributed by atoms with Gasteiger partial charge in [-0.2, -0.15) is 11.3 Å². The quantitative estimate of drug-likeness (QED) is 0.876. The number of thiophene rings is 1. The van der Waals surface area contributed by atoms with Gasteiger partial charge in [0.15, 0.2) is 0 Å². The van der Waals surface area contributed by atoms with Crippen molar-refractivity contribution in [2.45, 2.75) is 19.4 Å². The molecule has 2 aromatic heterocycles. The van der Waals surface area contributed by atoms with Crippen molar-refractivity contribution in [2.24, 2.45) is 0 Å². The Bertz CT molecular complexity index is 420. The Balaban J connectivity index is 2.13. The summed E-state index contributed by atoms with van der Waals surface area (Å²) in [6, 6.07) is 6.74. The molecule has 0 amide bonds. The molecule has 0 saturated carbocycles. The molecule has 0 aromatic carbocycles. The lowest BCUT2D eigenvalue weighted by molar-refractivity contribution is 0.590. The van der Waals surface area contributed by atoms with Crippen LogP contribution in [-0.4, -0.2) is 12.0 Å². The lowest BCUT2D eigenvalue weighted by Crippen LogP contribution is -2.18. The van der Waals surface area contributed by atoms with E-state index in [0.717, 1.165) is 12.1 Å². The molecular formula is C13H16N2S. The van der Waals surface area contributed by atoms with Gasteiger partial charge in [0.2, 0.25) is 0 Å². The fraction of sp³-hybridized carbons (Fsp3) is 0.308. The van der Waals surface area contributed by atoms with Crippen LogP contribution in [0.5, 0.6) is 0 Å². The largest absolute Gasteiger partial charge is 0.313 e. The van der Waals surface area contributed by atoms with Crippen molar-refractivity contribution in [1.29, 1.82) is 0 Å². The number of nitrogens with one attached hydrogen (secondary N) is 1. The molecule has 16 heavy (non-hydrogen) atoms. The van der Waals surface area contributed by atoms with Gasteiger partial charge >= 0.3 is 0 Å². The Labute approximate surface area is 100 Å². The number of aryl methyl sites for hydroxylation is 1. The second-order valence-corrected chi connectivity index (χ2v) is 4.69. The number of rotatable bonds is 4. The summed E-state index contributed by atoms with van der Waals surface area (Å²) < 4.78 is 0. The summed E-state index contributed by atoms with van der Waals surface area (Å²) in [5.41, 5.74) is 3.69. The molecule has 1 unspecified atom stereocenters. The third kappa shape index (κ3) is 2.68. The third-order valence-electron chi connectivity index (χ3n) is 2.70. The molecule has 2 aromatic rings. The summed E-state index contributed by atoms with van der Waals surface area (Å²) in [6.45, 7) is 2.01. The average molecular weight is 232 g/mol. The topological polar surface area (TPSA) is 24.9 Å². The lowest BCUT2D eigenvalue weighted by Gasteiger charge is -2.15. The maximum absolute atomic E-state index is 4.34. The molecule has 2 nitrogen and oxygen atoms in total. The molecule has 0 aliphatic carbocycles. The van der Waals surface area contributed by atoms with E-state index in [4.69, 9.17) is 0 Å². The SMILES string of the molecule is CNC(Cc1ccsc1)c1ccc(C)nc1. The van der Waals surface area contributed by atoms with Crippen molar-refractivity contribution >= 4 is 11.3 Å². The van der Waals surface area contributed by atoms with Crippen LogP contribution in [-0.2, 0) is 6.42 Å². The summed E-state index contributed by atoms with van der Waals surface area (Å²) in [4.78, 5) is 4.34. The fourth-order valence-electron chi connectivity index (χ4n) is 1.72. The van der Waals surface area contributed by atoms with Crippen LogP contribution in [0.3, 0.4) is 0 Å². The first kappa shape index (κ1) is 11.3. The van der Waals surface area contributed by atoms with Gasteiger partial charge in [-0.1, -0.05) is 6.07 Å². The third-order valence-corrected chi connectivity index (χ3v) is 3.44. The lowest BCUT2D eigenvalue weighted by atomic mass is 10.0. The molecule has 0 fully saturated rings.